The zero-order chi connectivity index (χ0) is 17.1. The quantitative estimate of drug-likeness (QED) is 0.876. The van der Waals surface area contributed by atoms with Gasteiger partial charge in [-0.2, -0.15) is 13.2 Å². The van der Waals surface area contributed by atoms with Crippen molar-refractivity contribution >= 4 is 15.7 Å². The molecule has 1 atom stereocenters. The molecule has 0 spiro atoms. The van der Waals surface area contributed by atoms with E-state index in [0.717, 1.165) is 0 Å². The molecule has 0 saturated carbocycles. The molecule has 1 amide bonds. The minimum atomic E-state index is -4.37. The molecule has 0 aliphatic carbocycles. The molecule has 1 aromatic carbocycles. The van der Waals surface area contributed by atoms with Crippen LogP contribution in [0.3, 0.4) is 0 Å². The molecule has 23 heavy (non-hydrogen) atoms. The number of nitrogens with one attached hydrogen (secondary N) is 1. The summed E-state index contributed by atoms with van der Waals surface area (Å²) in [5.41, 5.74) is 0.822. The molecule has 1 fully saturated rings. The molecule has 128 valence electrons. The molecular weight excluding hydrogens is 335 g/mol. The van der Waals surface area contributed by atoms with Gasteiger partial charge in [-0.3, -0.25) is 4.79 Å². The molecule has 5 nitrogen and oxygen atoms in total. The molecule has 1 N–H and O–H groups in total. The van der Waals surface area contributed by atoms with Gasteiger partial charge in [0.05, 0.1) is 18.1 Å². The van der Waals surface area contributed by atoms with Crippen LogP contribution in [0.25, 0.3) is 0 Å². The lowest BCUT2D eigenvalue weighted by atomic mass is 10.1. The zero-order valence-electron chi connectivity index (χ0n) is 12.1. The number of rotatable bonds is 5. The van der Waals surface area contributed by atoms with Crippen LogP contribution in [-0.4, -0.2) is 44.7 Å². The minimum Gasteiger partial charge on any atom is -0.367 e. The summed E-state index contributed by atoms with van der Waals surface area (Å²) in [5, 5.41) is 2.64. The van der Waals surface area contributed by atoms with E-state index in [1.807, 2.05) is 0 Å². The van der Waals surface area contributed by atoms with Gasteiger partial charge in [-0.25, -0.2) is 8.42 Å². The standard InChI is InChI=1S/C14H16F3NO4S/c15-14(16,17)9-22-7-10-1-3-11(4-2-10)13(19)18-12-5-6-23(20,21)8-12/h1-4,12H,5-9H2,(H,18,19)/t12-/m0/s1. The number of halogens is 3. The van der Waals surface area contributed by atoms with E-state index >= 15 is 0 Å². The predicted octanol–water partition coefficient (Wildman–Crippen LogP) is 1.68. The Hall–Kier alpha value is -1.61. The number of hydrogen-bond donors (Lipinski definition) is 1. The summed E-state index contributed by atoms with van der Waals surface area (Å²) in [7, 11) is -3.08. The van der Waals surface area contributed by atoms with Crippen molar-refractivity contribution in [1.82, 2.24) is 5.32 Å². The third-order valence-electron chi connectivity index (χ3n) is 3.32. The molecule has 1 aliphatic heterocycles. The second kappa shape index (κ2) is 6.88. The first kappa shape index (κ1) is 17.7. The van der Waals surface area contributed by atoms with E-state index in [-0.39, 0.29) is 18.1 Å². The Balaban J connectivity index is 1.85. The van der Waals surface area contributed by atoms with Gasteiger partial charge in [0.25, 0.3) is 5.91 Å². The van der Waals surface area contributed by atoms with Gasteiger partial charge < -0.3 is 10.1 Å². The molecule has 0 radical (unpaired) electrons. The highest BCUT2D eigenvalue weighted by atomic mass is 32.2. The Morgan fingerprint density at radius 1 is 1.26 bits per heavy atom. The third kappa shape index (κ3) is 5.83. The van der Waals surface area contributed by atoms with Gasteiger partial charge in [0, 0.05) is 11.6 Å². The van der Waals surface area contributed by atoms with Crippen molar-refractivity contribution in [3.63, 3.8) is 0 Å². The van der Waals surface area contributed by atoms with Gasteiger partial charge in [-0.15, -0.1) is 0 Å². The van der Waals surface area contributed by atoms with Gasteiger partial charge in [-0.05, 0) is 24.1 Å². The van der Waals surface area contributed by atoms with Crippen LogP contribution < -0.4 is 5.32 Å². The molecule has 9 heteroatoms. The molecule has 1 aromatic rings. The highest BCUT2D eigenvalue weighted by Gasteiger charge is 2.29. The number of alkyl halides is 3. The van der Waals surface area contributed by atoms with Crippen LogP contribution in [0.5, 0.6) is 0 Å². The second-order valence-corrected chi connectivity index (χ2v) is 7.61. The normalized spacial score (nSPS) is 20.4. The largest absolute Gasteiger partial charge is 0.411 e. The number of ether oxygens (including phenoxy) is 1. The van der Waals surface area contributed by atoms with Gasteiger partial charge in [-0.1, -0.05) is 12.1 Å². The lowest BCUT2D eigenvalue weighted by Gasteiger charge is -2.11. The lowest BCUT2D eigenvalue weighted by Crippen LogP contribution is -2.35. The summed E-state index contributed by atoms with van der Waals surface area (Å²) in [6, 6.07) is 5.52. The van der Waals surface area contributed by atoms with Gasteiger partial charge in [0.1, 0.15) is 6.61 Å². The molecule has 0 aromatic heterocycles. The molecule has 1 saturated heterocycles. The Kier molecular flexibility index (Phi) is 5.30. The fourth-order valence-electron chi connectivity index (χ4n) is 2.21. The van der Waals surface area contributed by atoms with Crippen LogP contribution >= 0.6 is 0 Å². The van der Waals surface area contributed by atoms with Crippen LogP contribution in [0.1, 0.15) is 22.3 Å². The summed E-state index contributed by atoms with van der Waals surface area (Å²) >= 11 is 0. The Labute approximate surface area is 131 Å². The lowest BCUT2D eigenvalue weighted by molar-refractivity contribution is -0.176. The van der Waals surface area contributed by atoms with Crippen molar-refractivity contribution < 1.29 is 31.1 Å². The monoisotopic (exact) mass is 351 g/mol. The van der Waals surface area contributed by atoms with Gasteiger partial charge >= 0.3 is 6.18 Å². The Morgan fingerprint density at radius 2 is 1.91 bits per heavy atom. The molecule has 1 heterocycles. The van der Waals surface area contributed by atoms with Gasteiger partial charge in [0.2, 0.25) is 0 Å². The number of hydrogen-bond acceptors (Lipinski definition) is 4. The first-order valence-electron chi connectivity index (χ1n) is 6.89. The summed E-state index contributed by atoms with van der Waals surface area (Å²) in [6.07, 6.45) is -3.99. The smallest absolute Gasteiger partial charge is 0.367 e. The Morgan fingerprint density at radius 3 is 2.43 bits per heavy atom. The summed E-state index contributed by atoms with van der Waals surface area (Å²) in [5.74, 6) is -0.412. The van der Waals surface area contributed by atoms with Crippen molar-refractivity contribution in [2.24, 2.45) is 0 Å². The van der Waals surface area contributed by atoms with Gasteiger partial charge in [0.15, 0.2) is 9.84 Å². The molecule has 0 unspecified atom stereocenters. The Bertz CT molecular complexity index is 656. The predicted molar refractivity (Wildman–Crippen MR) is 76.7 cm³/mol. The summed E-state index contributed by atoms with van der Waals surface area (Å²) in [6.45, 7) is -1.53. The maximum absolute atomic E-state index is 12.0. The highest BCUT2D eigenvalue weighted by Crippen LogP contribution is 2.16. The van der Waals surface area contributed by atoms with Crippen molar-refractivity contribution in [2.45, 2.75) is 25.2 Å². The van der Waals surface area contributed by atoms with Crippen LogP contribution in [0, 0.1) is 0 Å². The number of carbonyl (C=O) groups is 1. The fourth-order valence-corrected chi connectivity index (χ4v) is 3.89. The number of amides is 1. The third-order valence-corrected chi connectivity index (χ3v) is 5.09. The SMILES string of the molecule is O=C(N[C@H]1CCS(=O)(=O)C1)c1ccc(COCC(F)(F)F)cc1. The highest BCUT2D eigenvalue weighted by molar-refractivity contribution is 7.91. The maximum atomic E-state index is 12.0. The average Bonchev–Trinajstić information content (AvgIpc) is 2.77. The van der Waals surface area contributed by atoms with Crippen molar-refractivity contribution in [1.29, 1.82) is 0 Å². The van der Waals surface area contributed by atoms with Crippen molar-refractivity contribution in [2.75, 3.05) is 18.1 Å². The number of carbonyl (C=O) groups excluding carboxylic acids is 1. The van der Waals surface area contributed by atoms with Crippen LogP contribution in [0.15, 0.2) is 24.3 Å². The maximum Gasteiger partial charge on any atom is 0.411 e. The molecule has 2 rings (SSSR count). The fraction of sp³-hybridized carbons (Fsp3) is 0.500. The first-order valence-corrected chi connectivity index (χ1v) is 8.71. The first-order chi connectivity index (χ1) is 10.6. The van der Waals surface area contributed by atoms with E-state index in [4.69, 9.17) is 0 Å². The minimum absolute atomic E-state index is 0.0629. The van der Waals surface area contributed by atoms with Crippen molar-refractivity contribution in [3.05, 3.63) is 35.4 Å². The topological polar surface area (TPSA) is 72.5 Å². The second-order valence-electron chi connectivity index (χ2n) is 5.38. The van der Waals surface area contributed by atoms with Crippen LogP contribution in [0.4, 0.5) is 13.2 Å². The average molecular weight is 351 g/mol. The van der Waals surface area contributed by atoms with E-state index in [0.29, 0.717) is 17.5 Å². The summed E-state index contributed by atoms with van der Waals surface area (Å²) < 4.78 is 63.0. The van der Waals surface area contributed by atoms with E-state index in [2.05, 4.69) is 10.1 Å². The zero-order valence-corrected chi connectivity index (χ0v) is 12.9. The molecule has 1 aliphatic rings. The van der Waals surface area contributed by atoms with Crippen LogP contribution in [0.2, 0.25) is 0 Å². The van der Waals surface area contributed by atoms with Crippen LogP contribution in [-0.2, 0) is 21.2 Å². The van der Waals surface area contributed by atoms with Crippen molar-refractivity contribution in [3.8, 4) is 0 Å². The summed E-state index contributed by atoms with van der Waals surface area (Å²) in [4.78, 5) is 12.0. The molecular formula is C14H16F3NO4S. The molecule has 0 bridgehead atoms. The van der Waals surface area contributed by atoms with E-state index in [1.54, 1.807) is 0 Å². The van der Waals surface area contributed by atoms with E-state index < -0.39 is 34.6 Å². The van der Waals surface area contributed by atoms with E-state index in [1.165, 1.54) is 24.3 Å². The van der Waals surface area contributed by atoms with E-state index in [9.17, 15) is 26.4 Å². The number of sulfone groups is 1. The number of benzene rings is 1.